The quantitative estimate of drug-likeness (QED) is 0.867. The van der Waals surface area contributed by atoms with Crippen molar-refractivity contribution in [3.63, 3.8) is 0 Å². The first-order valence-electron chi connectivity index (χ1n) is 6.18. The fraction of sp³-hybridized carbons (Fsp3) is 0.429. The van der Waals surface area contributed by atoms with E-state index in [1.807, 2.05) is 31.2 Å². The van der Waals surface area contributed by atoms with Crippen molar-refractivity contribution in [2.24, 2.45) is 5.92 Å². The van der Waals surface area contributed by atoms with Gasteiger partial charge in [0.1, 0.15) is 0 Å². The molecule has 0 saturated heterocycles. The Labute approximate surface area is 106 Å². The highest BCUT2D eigenvalue weighted by Gasteiger charge is 2.34. The lowest BCUT2D eigenvalue weighted by atomic mass is 10.2. The van der Waals surface area contributed by atoms with Gasteiger partial charge in [-0.25, -0.2) is 0 Å². The highest BCUT2D eigenvalue weighted by Crippen LogP contribution is 2.32. The largest absolute Gasteiger partial charge is 0.481 e. The van der Waals surface area contributed by atoms with E-state index in [2.05, 4.69) is 0 Å². The molecule has 0 radical (unpaired) electrons. The number of carboxylic acid groups (broad SMARTS) is 1. The predicted octanol–water partition coefficient (Wildman–Crippen LogP) is 2.21. The summed E-state index contributed by atoms with van der Waals surface area (Å²) in [6.07, 6.45) is 1.83. The van der Waals surface area contributed by atoms with Crippen LogP contribution in [-0.4, -0.2) is 23.5 Å². The maximum atomic E-state index is 12.1. The van der Waals surface area contributed by atoms with Crippen LogP contribution in [0.3, 0.4) is 0 Å². The topological polar surface area (TPSA) is 57.6 Å². The van der Waals surface area contributed by atoms with E-state index in [9.17, 15) is 9.59 Å². The molecule has 1 saturated carbocycles. The average molecular weight is 247 g/mol. The second-order valence-electron chi connectivity index (χ2n) is 4.74. The summed E-state index contributed by atoms with van der Waals surface area (Å²) in [6.45, 7) is 2.22. The van der Waals surface area contributed by atoms with E-state index in [-0.39, 0.29) is 24.8 Å². The van der Waals surface area contributed by atoms with Gasteiger partial charge in [0, 0.05) is 18.2 Å². The lowest BCUT2D eigenvalue weighted by Crippen LogP contribution is -2.34. The zero-order valence-electron chi connectivity index (χ0n) is 10.4. The maximum Gasteiger partial charge on any atom is 0.305 e. The van der Waals surface area contributed by atoms with Crippen molar-refractivity contribution < 1.29 is 14.7 Å². The predicted molar refractivity (Wildman–Crippen MR) is 68.5 cm³/mol. The second-order valence-corrected chi connectivity index (χ2v) is 4.74. The first-order valence-corrected chi connectivity index (χ1v) is 6.18. The van der Waals surface area contributed by atoms with Gasteiger partial charge in [-0.2, -0.15) is 0 Å². The second kappa shape index (κ2) is 5.21. The number of benzene rings is 1. The van der Waals surface area contributed by atoms with Crippen LogP contribution < -0.4 is 4.90 Å². The zero-order chi connectivity index (χ0) is 13.1. The smallest absolute Gasteiger partial charge is 0.305 e. The molecule has 4 nitrogen and oxygen atoms in total. The molecule has 0 heterocycles. The fourth-order valence-corrected chi connectivity index (χ4v) is 1.85. The molecule has 0 aromatic heterocycles. The van der Waals surface area contributed by atoms with Crippen molar-refractivity contribution >= 4 is 17.6 Å². The van der Waals surface area contributed by atoms with Crippen molar-refractivity contribution in [3.8, 4) is 0 Å². The van der Waals surface area contributed by atoms with E-state index in [0.717, 1.165) is 24.1 Å². The molecule has 4 heteroatoms. The molecule has 1 amide bonds. The van der Waals surface area contributed by atoms with Crippen molar-refractivity contribution in [3.05, 3.63) is 29.8 Å². The third-order valence-electron chi connectivity index (χ3n) is 3.09. The van der Waals surface area contributed by atoms with E-state index >= 15 is 0 Å². The van der Waals surface area contributed by atoms with Gasteiger partial charge in [0.25, 0.3) is 0 Å². The Morgan fingerprint density at radius 2 is 1.89 bits per heavy atom. The fourth-order valence-electron chi connectivity index (χ4n) is 1.85. The molecule has 1 aromatic rings. The van der Waals surface area contributed by atoms with Crippen LogP contribution in [-0.2, 0) is 9.59 Å². The van der Waals surface area contributed by atoms with Crippen molar-refractivity contribution in [1.29, 1.82) is 0 Å². The lowest BCUT2D eigenvalue weighted by molar-refractivity contribution is -0.136. The summed E-state index contributed by atoms with van der Waals surface area (Å²) in [5.74, 6) is -0.726. The van der Waals surface area contributed by atoms with Gasteiger partial charge in [-0.3, -0.25) is 9.59 Å². The van der Waals surface area contributed by atoms with Crippen LogP contribution in [0.1, 0.15) is 24.8 Å². The van der Waals surface area contributed by atoms with E-state index in [1.54, 1.807) is 4.90 Å². The molecule has 0 atom stereocenters. The van der Waals surface area contributed by atoms with E-state index in [4.69, 9.17) is 5.11 Å². The van der Waals surface area contributed by atoms with Crippen LogP contribution in [0.4, 0.5) is 5.69 Å². The number of anilines is 1. The molecule has 0 bridgehead atoms. The van der Waals surface area contributed by atoms with Gasteiger partial charge in [-0.05, 0) is 31.9 Å². The number of carboxylic acids is 1. The molecule has 0 unspecified atom stereocenters. The van der Waals surface area contributed by atoms with Crippen LogP contribution in [0.2, 0.25) is 0 Å². The Balaban J connectivity index is 2.14. The first kappa shape index (κ1) is 12.6. The minimum atomic E-state index is -0.879. The van der Waals surface area contributed by atoms with Gasteiger partial charge in [0.2, 0.25) is 5.91 Å². The summed E-state index contributed by atoms with van der Waals surface area (Å²) in [6, 6.07) is 7.61. The van der Waals surface area contributed by atoms with Gasteiger partial charge in [0.15, 0.2) is 0 Å². The molecule has 1 aromatic carbocycles. The number of rotatable bonds is 5. The summed E-state index contributed by atoms with van der Waals surface area (Å²) in [7, 11) is 0. The SMILES string of the molecule is Cc1ccc(N(CCC(=O)O)C(=O)C2CC2)cc1. The number of carbonyl (C=O) groups is 2. The number of aryl methyl sites for hydroxylation is 1. The zero-order valence-corrected chi connectivity index (χ0v) is 10.4. The number of nitrogens with zero attached hydrogens (tertiary/aromatic N) is 1. The number of hydrogen-bond acceptors (Lipinski definition) is 2. The van der Waals surface area contributed by atoms with Crippen molar-refractivity contribution in [1.82, 2.24) is 0 Å². The number of amides is 1. The normalized spacial score (nSPS) is 14.3. The Bertz CT molecular complexity index is 449. The molecule has 1 N–H and O–H groups in total. The molecule has 1 fully saturated rings. The number of hydrogen-bond donors (Lipinski definition) is 1. The molecule has 1 aliphatic carbocycles. The highest BCUT2D eigenvalue weighted by atomic mass is 16.4. The molecule has 2 rings (SSSR count). The summed E-state index contributed by atoms with van der Waals surface area (Å²) in [5, 5.41) is 8.75. The highest BCUT2D eigenvalue weighted by molar-refractivity contribution is 5.96. The number of aliphatic carboxylic acids is 1. The van der Waals surface area contributed by atoms with Crippen molar-refractivity contribution in [2.45, 2.75) is 26.2 Å². The molecule has 1 aliphatic rings. The molecule has 96 valence electrons. The van der Waals surface area contributed by atoms with Crippen molar-refractivity contribution in [2.75, 3.05) is 11.4 Å². The standard InChI is InChI=1S/C14H17NO3/c1-10-2-6-12(7-3-10)15(9-8-13(16)17)14(18)11-4-5-11/h2-3,6-7,11H,4-5,8-9H2,1H3,(H,16,17). The summed E-state index contributed by atoms with van der Waals surface area (Å²) in [4.78, 5) is 24.4. The maximum absolute atomic E-state index is 12.1. The molecule has 0 aliphatic heterocycles. The Hall–Kier alpha value is -1.84. The molecular formula is C14H17NO3. The van der Waals surface area contributed by atoms with E-state index in [0.29, 0.717) is 0 Å². The average Bonchev–Trinajstić information content (AvgIpc) is 3.15. The Morgan fingerprint density at radius 3 is 2.39 bits per heavy atom. The molecular weight excluding hydrogens is 230 g/mol. The lowest BCUT2D eigenvalue weighted by Gasteiger charge is -2.22. The Kier molecular flexibility index (Phi) is 3.65. The van der Waals surface area contributed by atoms with Gasteiger partial charge < -0.3 is 10.0 Å². The van der Waals surface area contributed by atoms with Gasteiger partial charge >= 0.3 is 5.97 Å². The van der Waals surface area contributed by atoms with Crippen LogP contribution in [0.15, 0.2) is 24.3 Å². The van der Waals surface area contributed by atoms with Gasteiger partial charge in [-0.1, -0.05) is 17.7 Å². The summed E-state index contributed by atoms with van der Waals surface area (Å²) < 4.78 is 0. The monoisotopic (exact) mass is 247 g/mol. The summed E-state index contributed by atoms with van der Waals surface area (Å²) in [5.41, 5.74) is 1.91. The van der Waals surface area contributed by atoms with Crippen LogP contribution >= 0.6 is 0 Å². The summed E-state index contributed by atoms with van der Waals surface area (Å²) >= 11 is 0. The van der Waals surface area contributed by atoms with E-state index < -0.39 is 5.97 Å². The minimum absolute atomic E-state index is 0.0215. The third kappa shape index (κ3) is 3.09. The van der Waals surface area contributed by atoms with E-state index in [1.165, 1.54) is 0 Å². The van der Waals surface area contributed by atoms with Crippen LogP contribution in [0.5, 0.6) is 0 Å². The van der Waals surface area contributed by atoms with Crippen LogP contribution in [0.25, 0.3) is 0 Å². The van der Waals surface area contributed by atoms with Gasteiger partial charge in [-0.15, -0.1) is 0 Å². The molecule has 0 spiro atoms. The number of carbonyl (C=O) groups excluding carboxylic acids is 1. The minimum Gasteiger partial charge on any atom is -0.481 e. The molecule has 18 heavy (non-hydrogen) atoms. The first-order chi connectivity index (χ1) is 8.58. The Morgan fingerprint density at radius 1 is 1.28 bits per heavy atom. The van der Waals surface area contributed by atoms with Gasteiger partial charge in [0.05, 0.1) is 6.42 Å². The van der Waals surface area contributed by atoms with Crippen LogP contribution in [0, 0.1) is 12.8 Å². The third-order valence-corrected chi connectivity index (χ3v) is 3.09.